The molecule has 0 N–H and O–H groups in total. The topological polar surface area (TPSA) is 53.8 Å². The van der Waals surface area contributed by atoms with E-state index in [9.17, 15) is 9.59 Å². The molecule has 0 unspecified atom stereocenters. The smallest absolute Gasteiger partial charge is 0.228 e. The van der Waals surface area contributed by atoms with Crippen molar-refractivity contribution in [1.82, 2.24) is 9.80 Å². The second-order valence-corrected chi connectivity index (χ2v) is 5.88. The van der Waals surface area contributed by atoms with Crippen LogP contribution in [0.2, 0.25) is 0 Å². The van der Waals surface area contributed by atoms with Gasteiger partial charge in [-0.3, -0.25) is 9.59 Å². The van der Waals surface area contributed by atoms with Gasteiger partial charge in [-0.2, -0.15) is 0 Å². The largest absolute Gasteiger partial charge is 0.464 e. The molecule has 0 spiro atoms. The minimum Gasteiger partial charge on any atom is -0.464 e. The van der Waals surface area contributed by atoms with Gasteiger partial charge in [0.1, 0.15) is 11.5 Å². The summed E-state index contributed by atoms with van der Waals surface area (Å²) in [6.07, 6.45) is 2.54. The number of furan rings is 1. The Morgan fingerprint density at radius 3 is 2.80 bits per heavy atom. The van der Waals surface area contributed by atoms with Gasteiger partial charge in [0.15, 0.2) is 0 Å². The molecule has 2 heterocycles. The zero-order valence-electron chi connectivity index (χ0n) is 12.0. The molecule has 5 nitrogen and oxygen atoms in total. The van der Waals surface area contributed by atoms with Crippen LogP contribution in [-0.4, -0.2) is 41.2 Å². The fraction of sp³-hybridized carbons (Fsp3) is 0.600. The molecular formula is C15H20N2O3. The van der Waals surface area contributed by atoms with Crippen LogP contribution in [0.3, 0.4) is 0 Å². The standard InChI is InChI=1S/C15H20N2O3/c1-10-3-6-13(20-10)9-16(2)15(19)11-7-14(18)17(8-11)12-4-5-12/h3,6,11-12H,4-5,7-9H2,1-2H3/t11-/m0/s1. The summed E-state index contributed by atoms with van der Waals surface area (Å²) >= 11 is 0. The van der Waals surface area contributed by atoms with E-state index < -0.39 is 0 Å². The van der Waals surface area contributed by atoms with E-state index in [0.717, 1.165) is 24.4 Å². The lowest BCUT2D eigenvalue weighted by Crippen LogP contribution is -2.34. The maximum absolute atomic E-state index is 12.4. The molecule has 2 fully saturated rings. The Kier molecular flexibility index (Phi) is 3.28. The minimum absolute atomic E-state index is 0.0375. The number of rotatable bonds is 4. The number of nitrogens with zero attached hydrogens (tertiary/aromatic N) is 2. The van der Waals surface area contributed by atoms with Crippen LogP contribution in [0.25, 0.3) is 0 Å². The predicted octanol–water partition coefficient (Wildman–Crippen LogP) is 1.56. The first-order valence-electron chi connectivity index (χ1n) is 7.14. The van der Waals surface area contributed by atoms with Crippen LogP contribution in [0.5, 0.6) is 0 Å². The molecule has 1 aliphatic heterocycles. The average Bonchev–Trinajstić information content (AvgIpc) is 3.06. The molecule has 2 amide bonds. The SMILES string of the molecule is Cc1ccc(CN(C)C(=O)[C@H]2CC(=O)N(C3CC3)C2)o1. The average molecular weight is 276 g/mol. The molecule has 0 aromatic carbocycles. The molecule has 0 radical (unpaired) electrons. The molecule has 1 aromatic rings. The Hall–Kier alpha value is -1.78. The third kappa shape index (κ3) is 2.57. The Morgan fingerprint density at radius 2 is 2.20 bits per heavy atom. The lowest BCUT2D eigenvalue weighted by atomic mass is 10.1. The summed E-state index contributed by atoms with van der Waals surface area (Å²) in [6.45, 7) is 2.93. The number of amides is 2. The van der Waals surface area contributed by atoms with E-state index in [0.29, 0.717) is 25.6 Å². The number of likely N-dealkylation sites (tertiary alicyclic amines) is 1. The van der Waals surface area contributed by atoms with Crippen molar-refractivity contribution in [3.8, 4) is 0 Å². The molecule has 1 saturated heterocycles. The van der Waals surface area contributed by atoms with Crippen LogP contribution >= 0.6 is 0 Å². The van der Waals surface area contributed by atoms with Gasteiger partial charge in [-0.05, 0) is 31.9 Å². The lowest BCUT2D eigenvalue weighted by molar-refractivity contribution is -0.135. The van der Waals surface area contributed by atoms with Crippen molar-refractivity contribution in [1.29, 1.82) is 0 Å². The highest BCUT2D eigenvalue weighted by atomic mass is 16.3. The van der Waals surface area contributed by atoms with Crippen molar-refractivity contribution in [3.63, 3.8) is 0 Å². The number of carbonyl (C=O) groups is 2. The van der Waals surface area contributed by atoms with Crippen molar-refractivity contribution in [2.75, 3.05) is 13.6 Å². The van der Waals surface area contributed by atoms with Crippen LogP contribution in [0.4, 0.5) is 0 Å². The Labute approximate surface area is 118 Å². The number of hydrogen-bond acceptors (Lipinski definition) is 3. The fourth-order valence-corrected chi connectivity index (χ4v) is 2.83. The van der Waals surface area contributed by atoms with E-state index in [-0.39, 0.29) is 17.7 Å². The van der Waals surface area contributed by atoms with E-state index in [4.69, 9.17) is 4.42 Å². The first-order chi connectivity index (χ1) is 9.54. The highest BCUT2D eigenvalue weighted by Crippen LogP contribution is 2.33. The minimum atomic E-state index is -0.191. The van der Waals surface area contributed by atoms with Gasteiger partial charge in [-0.25, -0.2) is 0 Å². The molecule has 0 bridgehead atoms. The second-order valence-electron chi connectivity index (χ2n) is 5.88. The normalized spacial score (nSPS) is 22.4. The fourth-order valence-electron chi connectivity index (χ4n) is 2.83. The van der Waals surface area contributed by atoms with Gasteiger partial charge in [0, 0.05) is 26.1 Å². The second kappa shape index (κ2) is 4.96. The van der Waals surface area contributed by atoms with Crippen molar-refractivity contribution in [2.24, 2.45) is 5.92 Å². The summed E-state index contributed by atoms with van der Waals surface area (Å²) in [5.41, 5.74) is 0. The summed E-state index contributed by atoms with van der Waals surface area (Å²) in [6, 6.07) is 4.18. The molecule has 108 valence electrons. The van der Waals surface area contributed by atoms with Crippen LogP contribution in [0, 0.1) is 12.8 Å². The number of hydrogen-bond donors (Lipinski definition) is 0. The highest BCUT2D eigenvalue weighted by molar-refractivity contribution is 5.89. The third-order valence-corrected chi connectivity index (χ3v) is 4.06. The molecule has 5 heteroatoms. The van der Waals surface area contributed by atoms with Crippen LogP contribution in [-0.2, 0) is 16.1 Å². The van der Waals surface area contributed by atoms with Crippen molar-refractivity contribution in [2.45, 2.75) is 38.8 Å². The molecule has 3 rings (SSSR count). The summed E-state index contributed by atoms with van der Waals surface area (Å²) in [4.78, 5) is 27.8. The van der Waals surface area contributed by atoms with Gasteiger partial charge < -0.3 is 14.2 Å². The molecule has 2 aliphatic rings. The lowest BCUT2D eigenvalue weighted by Gasteiger charge is -2.20. The van der Waals surface area contributed by atoms with Gasteiger partial charge in [-0.1, -0.05) is 0 Å². The first-order valence-corrected chi connectivity index (χ1v) is 7.14. The highest BCUT2D eigenvalue weighted by Gasteiger charge is 2.42. The molecule has 1 saturated carbocycles. The zero-order valence-corrected chi connectivity index (χ0v) is 12.0. The Bertz CT molecular complexity index is 533. The summed E-state index contributed by atoms with van der Waals surface area (Å²) in [5.74, 6) is 1.60. The molecule has 20 heavy (non-hydrogen) atoms. The van der Waals surface area contributed by atoms with Crippen molar-refractivity contribution < 1.29 is 14.0 Å². The van der Waals surface area contributed by atoms with Crippen molar-refractivity contribution >= 4 is 11.8 Å². The monoisotopic (exact) mass is 276 g/mol. The first kappa shape index (κ1) is 13.2. The van der Waals surface area contributed by atoms with E-state index >= 15 is 0 Å². The van der Waals surface area contributed by atoms with Crippen molar-refractivity contribution in [3.05, 3.63) is 23.7 Å². The van der Waals surface area contributed by atoms with E-state index in [2.05, 4.69) is 0 Å². The number of carbonyl (C=O) groups excluding carboxylic acids is 2. The molecular weight excluding hydrogens is 256 g/mol. The van der Waals surface area contributed by atoms with Crippen LogP contribution in [0.15, 0.2) is 16.5 Å². The quantitative estimate of drug-likeness (QED) is 0.838. The Morgan fingerprint density at radius 1 is 1.45 bits per heavy atom. The third-order valence-electron chi connectivity index (χ3n) is 4.06. The van der Waals surface area contributed by atoms with Gasteiger partial charge in [0.2, 0.25) is 11.8 Å². The molecule has 1 aromatic heterocycles. The summed E-state index contributed by atoms with van der Waals surface area (Å²) in [7, 11) is 1.77. The van der Waals surface area contributed by atoms with Crippen LogP contribution < -0.4 is 0 Å². The zero-order chi connectivity index (χ0) is 14.3. The Balaban J connectivity index is 1.59. The van der Waals surface area contributed by atoms with Gasteiger partial charge in [-0.15, -0.1) is 0 Å². The molecule has 1 atom stereocenters. The van der Waals surface area contributed by atoms with Crippen LogP contribution in [0.1, 0.15) is 30.8 Å². The molecule has 1 aliphatic carbocycles. The van der Waals surface area contributed by atoms with Gasteiger partial charge in [0.05, 0.1) is 12.5 Å². The van der Waals surface area contributed by atoms with Gasteiger partial charge >= 0.3 is 0 Å². The summed E-state index contributed by atoms with van der Waals surface area (Å²) in [5, 5.41) is 0. The maximum Gasteiger partial charge on any atom is 0.228 e. The summed E-state index contributed by atoms with van der Waals surface area (Å²) < 4.78 is 5.49. The van der Waals surface area contributed by atoms with E-state index in [1.807, 2.05) is 24.0 Å². The number of aryl methyl sites for hydroxylation is 1. The van der Waals surface area contributed by atoms with E-state index in [1.54, 1.807) is 11.9 Å². The van der Waals surface area contributed by atoms with E-state index in [1.165, 1.54) is 0 Å². The predicted molar refractivity (Wildman–Crippen MR) is 72.8 cm³/mol. The van der Waals surface area contributed by atoms with Gasteiger partial charge in [0.25, 0.3) is 0 Å². The maximum atomic E-state index is 12.4.